The van der Waals surface area contributed by atoms with E-state index in [4.69, 9.17) is 28.4 Å². The minimum atomic E-state index is -0.702. The first-order chi connectivity index (χ1) is 18.4. The van der Waals surface area contributed by atoms with Crippen molar-refractivity contribution in [3.8, 4) is 39.9 Å². The quantitative estimate of drug-likeness (QED) is 0.278. The Morgan fingerprint density at radius 2 is 1.41 bits per heavy atom. The molecule has 0 aliphatic carbocycles. The number of nitrogens with zero attached hydrogens (tertiary/aromatic N) is 2. The second-order valence-electron chi connectivity index (χ2n) is 8.13. The fourth-order valence-electron chi connectivity index (χ4n) is 4.42. The molecule has 0 aliphatic rings. The van der Waals surface area contributed by atoms with Gasteiger partial charge in [0.2, 0.25) is 5.75 Å². The van der Waals surface area contributed by atoms with Crippen LogP contribution in [0.3, 0.4) is 0 Å². The Bertz CT molecular complexity index is 1530. The molecular formula is C28H29ClN2O8. The van der Waals surface area contributed by atoms with Crippen LogP contribution in [-0.4, -0.2) is 58.2 Å². The monoisotopic (exact) mass is 556 g/mol. The minimum absolute atomic E-state index is 0. The molecule has 0 saturated heterocycles. The molecule has 0 unspecified atom stereocenters. The number of carbonyl (C=O) groups excluding carboxylic acids is 1. The first kappa shape index (κ1) is 29.1. The third kappa shape index (κ3) is 5.28. The molecule has 0 aliphatic heterocycles. The standard InChI is InChI=1S/C28H28N2O8.ClH/c1-33-20-12-18-19(13-21(20)34-2)27(31)30(15-16-8-7-9-29-14-16)25(28(32)38-6)24(18)17-10-22(35-3)26(37-5)23(11-17)36-4;/h7-14H,15H2,1-6H3;1H. The van der Waals surface area contributed by atoms with Crippen LogP contribution < -0.4 is 29.2 Å². The highest BCUT2D eigenvalue weighted by molar-refractivity contribution is 6.08. The first-order valence-electron chi connectivity index (χ1n) is 11.5. The van der Waals surface area contributed by atoms with Crippen LogP contribution in [-0.2, 0) is 11.3 Å². The minimum Gasteiger partial charge on any atom is -0.493 e. The molecule has 10 nitrogen and oxygen atoms in total. The smallest absolute Gasteiger partial charge is 0.355 e. The Morgan fingerprint density at radius 1 is 0.821 bits per heavy atom. The number of ether oxygens (including phenoxy) is 6. The van der Waals surface area contributed by atoms with Crippen LogP contribution in [0.15, 0.2) is 53.6 Å². The van der Waals surface area contributed by atoms with Crippen LogP contribution in [0, 0.1) is 0 Å². The van der Waals surface area contributed by atoms with Crippen LogP contribution in [0.4, 0.5) is 0 Å². The Hall–Kier alpha value is -4.44. The van der Waals surface area contributed by atoms with Gasteiger partial charge in [0.15, 0.2) is 23.0 Å². The van der Waals surface area contributed by atoms with Crippen molar-refractivity contribution in [1.82, 2.24) is 9.55 Å². The lowest BCUT2D eigenvalue weighted by Crippen LogP contribution is -2.28. The SMILES string of the molecule is COC(=O)c1c(-c2cc(OC)c(OC)c(OC)c2)c2cc(OC)c(OC)cc2c(=O)n1Cc1cccnc1.Cl. The summed E-state index contributed by atoms with van der Waals surface area (Å²) in [6, 6.07) is 10.2. The van der Waals surface area contributed by atoms with Gasteiger partial charge in [0.1, 0.15) is 5.69 Å². The maximum absolute atomic E-state index is 13.9. The number of rotatable bonds is 9. The molecular weight excluding hydrogens is 528 g/mol. The van der Waals surface area contributed by atoms with Crippen molar-refractivity contribution < 1.29 is 33.2 Å². The number of halogens is 1. The topological polar surface area (TPSA) is 107 Å². The molecule has 4 rings (SSSR count). The van der Waals surface area contributed by atoms with E-state index in [9.17, 15) is 9.59 Å². The average molecular weight is 557 g/mol. The Balaban J connectivity index is 0.00000420. The van der Waals surface area contributed by atoms with Gasteiger partial charge in [-0.1, -0.05) is 6.07 Å². The normalized spacial score (nSPS) is 10.4. The van der Waals surface area contributed by atoms with E-state index in [0.29, 0.717) is 50.6 Å². The lowest BCUT2D eigenvalue weighted by molar-refractivity contribution is 0.0588. The van der Waals surface area contributed by atoms with Gasteiger partial charge in [-0.15, -0.1) is 12.4 Å². The summed E-state index contributed by atoms with van der Waals surface area (Å²) in [5.41, 5.74) is 1.28. The maximum Gasteiger partial charge on any atom is 0.355 e. The number of hydrogen-bond acceptors (Lipinski definition) is 9. The molecule has 2 aromatic carbocycles. The first-order valence-corrected chi connectivity index (χ1v) is 11.5. The second-order valence-corrected chi connectivity index (χ2v) is 8.13. The zero-order valence-corrected chi connectivity index (χ0v) is 23.2. The van der Waals surface area contributed by atoms with E-state index >= 15 is 0 Å². The van der Waals surface area contributed by atoms with Crippen molar-refractivity contribution in [2.45, 2.75) is 6.54 Å². The highest BCUT2D eigenvalue weighted by Crippen LogP contribution is 2.44. The van der Waals surface area contributed by atoms with Crippen LogP contribution in [0.5, 0.6) is 28.7 Å². The summed E-state index contributed by atoms with van der Waals surface area (Å²) in [7, 11) is 8.74. The zero-order chi connectivity index (χ0) is 27.4. The summed E-state index contributed by atoms with van der Waals surface area (Å²) in [6.07, 6.45) is 3.26. The molecule has 0 spiro atoms. The summed E-state index contributed by atoms with van der Waals surface area (Å²) >= 11 is 0. The Labute approximate surface area is 231 Å². The van der Waals surface area contributed by atoms with Gasteiger partial charge in [0.05, 0.1) is 54.6 Å². The highest BCUT2D eigenvalue weighted by atomic mass is 35.5. The molecule has 0 radical (unpaired) electrons. The van der Waals surface area contributed by atoms with E-state index < -0.39 is 11.5 Å². The van der Waals surface area contributed by atoms with Gasteiger partial charge in [-0.2, -0.15) is 0 Å². The van der Waals surface area contributed by atoms with Gasteiger partial charge in [0.25, 0.3) is 5.56 Å². The van der Waals surface area contributed by atoms with Crippen LogP contribution in [0.25, 0.3) is 21.9 Å². The van der Waals surface area contributed by atoms with Crippen molar-refractivity contribution >= 4 is 29.1 Å². The summed E-state index contributed by atoms with van der Waals surface area (Å²) in [6.45, 7) is 0.0683. The largest absolute Gasteiger partial charge is 0.493 e. The van der Waals surface area contributed by atoms with E-state index in [2.05, 4.69) is 4.98 Å². The predicted molar refractivity (Wildman–Crippen MR) is 148 cm³/mol. The molecule has 0 N–H and O–H groups in total. The van der Waals surface area contributed by atoms with E-state index in [0.717, 1.165) is 5.56 Å². The molecule has 2 aromatic heterocycles. The molecule has 0 fully saturated rings. The fourth-order valence-corrected chi connectivity index (χ4v) is 4.42. The summed E-state index contributed by atoms with van der Waals surface area (Å²) in [4.78, 5) is 31.5. The Morgan fingerprint density at radius 3 is 1.90 bits per heavy atom. The van der Waals surface area contributed by atoms with Crippen LogP contribution >= 0.6 is 12.4 Å². The average Bonchev–Trinajstić information content (AvgIpc) is 2.96. The number of benzene rings is 2. The highest BCUT2D eigenvalue weighted by Gasteiger charge is 2.27. The number of esters is 1. The zero-order valence-electron chi connectivity index (χ0n) is 22.4. The predicted octanol–water partition coefficient (Wildman–Crippen LogP) is 4.36. The second kappa shape index (κ2) is 12.4. The molecule has 11 heteroatoms. The van der Waals surface area contributed by atoms with Crippen molar-refractivity contribution in [2.24, 2.45) is 0 Å². The molecule has 0 atom stereocenters. The summed E-state index contributed by atoms with van der Waals surface area (Å²) < 4.78 is 34.2. The van der Waals surface area contributed by atoms with E-state index in [1.54, 1.807) is 42.7 Å². The third-order valence-corrected chi connectivity index (χ3v) is 6.17. The molecule has 4 aromatic rings. The maximum atomic E-state index is 13.9. The van der Waals surface area contributed by atoms with Gasteiger partial charge in [-0.05, 0) is 41.5 Å². The van der Waals surface area contributed by atoms with Gasteiger partial charge in [-0.25, -0.2) is 4.79 Å². The summed E-state index contributed by atoms with van der Waals surface area (Å²) in [5.74, 6) is 1.17. The van der Waals surface area contributed by atoms with Crippen molar-refractivity contribution in [3.05, 3.63) is 70.4 Å². The number of hydrogen-bond donors (Lipinski definition) is 0. The Kier molecular flexibility index (Phi) is 9.26. The summed E-state index contributed by atoms with van der Waals surface area (Å²) in [5, 5.41) is 0.757. The van der Waals surface area contributed by atoms with Gasteiger partial charge in [0, 0.05) is 23.3 Å². The third-order valence-electron chi connectivity index (χ3n) is 6.17. The van der Waals surface area contributed by atoms with Crippen LogP contribution in [0.2, 0.25) is 0 Å². The molecule has 39 heavy (non-hydrogen) atoms. The van der Waals surface area contributed by atoms with Crippen LogP contribution in [0.1, 0.15) is 16.1 Å². The number of methoxy groups -OCH3 is 6. The van der Waals surface area contributed by atoms with Crippen molar-refractivity contribution in [3.63, 3.8) is 0 Å². The van der Waals surface area contributed by atoms with E-state index in [-0.39, 0.29) is 24.6 Å². The van der Waals surface area contributed by atoms with Gasteiger partial charge < -0.3 is 28.4 Å². The van der Waals surface area contributed by atoms with E-state index in [1.807, 2.05) is 6.07 Å². The lowest BCUT2D eigenvalue weighted by atomic mass is 9.95. The number of carbonyl (C=O) groups is 1. The number of fused-ring (bicyclic) bond motifs is 1. The van der Waals surface area contributed by atoms with Crippen molar-refractivity contribution in [2.75, 3.05) is 42.7 Å². The van der Waals surface area contributed by atoms with Gasteiger partial charge >= 0.3 is 5.97 Å². The molecule has 206 valence electrons. The van der Waals surface area contributed by atoms with Gasteiger partial charge in [-0.3, -0.25) is 14.3 Å². The van der Waals surface area contributed by atoms with E-state index in [1.165, 1.54) is 47.2 Å². The molecule has 0 saturated carbocycles. The van der Waals surface area contributed by atoms with Crippen molar-refractivity contribution in [1.29, 1.82) is 0 Å². The molecule has 0 bridgehead atoms. The number of aromatic nitrogens is 2. The molecule has 2 heterocycles. The number of pyridine rings is 2. The lowest BCUT2D eigenvalue weighted by Gasteiger charge is -2.21. The fraction of sp³-hybridized carbons (Fsp3) is 0.250. The molecule has 0 amide bonds.